The summed E-state index contributed by atoms with van der Waals surface area (Å²) in [7, 11) is 2.09. The first kappa shape index (κ1) is 11.2. The van der Waals surface area contributed by atoms with E-state index in [1.54, 1.807) is 0 Å². The smallest absolute Gasteiger partial charge is 0.176 e. The van der Waals surface area contributed by atoms with Gasteiger partial charge in [-0.25, -0.2) is 0 Å². The van der Waals surface area contributed by atoms with Crippen LogP contribution in [0.1, 0.15) is 26.7 Å². The second-order valence-corrected chi connectivity index (χ2v) is 2.86. The second-order valence-electron chi connectivity index (χ2n) is 2.86. The molecule has 1 rings (SSSR count). The number of hydrogen-bond donors (Lipinski definition) is 1. The molecule has 1 atom stereocenters. The van der Waals surface area contributed by atoms with Gasteiger partial charge in [0.05, 0.1) is 0 Å². The fourth-order valence-electron chi connectivity index (χ4n) is 1.38. The van der Waals surface area contributed by atoms with Gasteiger partial charge in [-0.05, 0) is 26.4 Å². The van der Waals surface area contributed by atoms with Crippen molar-refractivity contribution in [2.75, 3.05) is 20.1 Å². The van der Waals surface area contributed by atoms with Crippen molar-refractivity contribution in [3.05, 3.63) is 0 Å². The summed E-state index contributed by atoms with van der Waals surface area (Å²) >= 11 is 0. The number of nitrogens with zero attached hydrogens (tertiary/aromatic N) is 2. The van der Waals surface area contributed by atoms with Gasteiger partial charge in [-0.15, -0.1) is 0 Å². The van der Waals surface area contributed by atoms with Crippen molar-refractivity contribution in [1.82, 2.24) is 10.2 Å². The van der Waals surface area contributed by atoms with E-state index < -0.39 is 0 Å². The van der Waals surface area contributed by atoms with Crippen LogP contribution in [0, 0.1) is 11.5 Å². The Balaban J connectivity index is 0.000000561. The first-order valence-electron chi connectivity index (χ1n) is 4.66. The Morgan fingerprint density at radius 2 is 2.17 bits per heavy atom. The Kier molecular flexibility index (Phi) is 6.50. The zero-order chi connectivity index (χ0) is 9.40. The van der Waals surface area contributed by atoms with Crippen LogP contribution in [0.3, 0.4) is 0 Å². The van der Waals surface area contributed by atoms with Gasteiger partial charge in [-0.3, -0.25) is 0 Å². The molecule has 1 saturated heterocycles. The largest absolute Gasteiger partial charge is 0.319 e. The van der Waals surface area contributed by atoms with E-state index in [-0.39, 0.29) is 0 Å². The van der Waals surface area contributed by atoms with Crippen LogP contribution in [0.4, 0.5) is 0 Å². The lowest BCUT2D eigenvalue weighted by molar-refractivity contribution is 0.239. The Bertz CT molecular complexity index is 139. The molecule has 0 spiro atoms. The van der Waals surface area contributed by atoms with Crippen molar-refractivity contribution in [2.45, 2.75) is 32.7 Å². The molecular formula is C9H19N3. The Labute approximate surface area is 75.4 Å². The molecule has 0 aromatic heterocycles. The first-order chi connectivity index (χ1) is 5.83. The third-order valence-corrected chi connectivity index (χ3v) is 1.89. The summed E-state index contributed by atoms with van der Waals surface area (Å²) in [6.07, 6.45) is 4.32. The summed E-state index contributed by atoms with van der Waals surface area (Å²) in [5.41, 5.74) is 0. The quantitative estimate of drug-likeness (QED) is 0.473. The van der Waals surface area contributed by atoms with Crippen molar-refractivity contribution in [2.24, 2.45) is 0 Å². The summed E-state index contributed by atoms with van der Waals surface area (Å²) < 4.78 is 0. The van der Waals surface area contributed by atoms with E-state index in [1.165, 1.54) is 13.0 Å². The molecule has 0 bridgehead atoms. The van der Waals surface area contributed by atoms with E-state index >= 15 is 0 Å². The van der Waals surface area contributed by atoms with Crippen LogP contribution in [-0.4, -0.2) is 31.1 Å². The summed E-state index contributed by atoms with van der Waals surface area (Å²) in [4.78, 5) is 2.25. The molecule has 0 saturated carbocycles. The molecule has 1 unspecified atom stereocenters. The maximum atomic E-state index is 8.33. The van der Waals surface area contributed by atoms with Crippen LogP contribution >= 0.6 is 0 Å². The van der Waals surface area contributed by atoms with E-state index in [4.69, 9.17) is 5.26 Å². The highest BCUT2D eigenvalue weighted by atomic mass is 15.1. The maximum absolute atomic E-state index is 8.33. The normalized spacial score (nSPS) is 23.3. The average Bonchev–Trinajstić information content (AvgIpc) is 2.09. The summed E-state index contributed by atoms with van der Waals surface area (Å²) in [5.74, 6) is 0. The molecule has 0 radical (unpaired) electrons. The SMILES string of the molecule is CC.CN1CCCC(NC#N)C1. The topological polar surface area (TPSA) is 39.1 Å². The van der Waals surface area contributed by atoms with Crippen LogP contribution < -0.4 is 5.32 Å². The molecule has 3 heteroatoms. The van der Waals surface area contributed by atoms with Gasteiger partial charge in [0.25, 0.3) is 0 Å². The van der Waals surface area contributed by atoms with Crippen LogP contribution in [0.2, 0.25) is 0 Å². The van der Waals surface area contributed by atoms with Gasteiger partial charge in [0.2, 0.25) is 0 Å². The van der Waals surface area contributed by atoms with Gasteiger partial charge in [0.1, 0.15) is 0 Å². The average molecular weight is 169 g/mol. The molecule has 1 aliphatic heterocycles. The zero-order valence-corrected chi connectivity index (χ0v) is 8.30. The molecule has 1 N–H and O–H groups in total. The minimum Gasteiger partial charge on any atom is -0.319 e. The molecule has 1 fully saturated rings. The number of likely N-dealkylation sites (N-methyl/N-ethyl adjacent to an activating group) is 1. The van der Waals surface area contributed by atoms with Gasteiger partial charge in [0.15, 0.2) is 6.19 Å². The molecule has 0 aromatic rings. The molecule has 1 heterocycles. The van der Waals surface area contributed by atoms with Crippen LogP contribution in [0.5, 0.6) is 0 Å². The molecule has 0 amide bonds. The zero-order valence-electron chi connectivity index (χ0n) is 8.30. The minimum absolute atomic E-state index is 0.392. The monoisotopic (exact) mass is 169 g/mol. The standard InChI is InChI=1S/C7H13N3.C2H6/c1-10-4-2-3-7(5-10)9-6-8;1-2/h7,9H,2-5H2,1H3;1-2H3. The maximum Gasteiger partial charge on any atom is 0.176 e. The van der Waals surface area contributed by atoms with E-state index in [0.717, 1.165) is 13.0 Å². The second kappa shape index (κ2) is 6.93. The fourth-order valence-corrected chi connectivity index (χ4v) is 1.38. The molecule has 0 aromatic carbocycles. The van der Waals surface area contributed by atoms with Crippen molar-refractivity contribution in [1.29, 1.82) is 5.26 Å². The minimum atomic E-state index is 0.392. The van der Waals surface area contributed by atoms with Crippen LogP contribution in [0.25, 0.3) is 0 Å². The van der Waals surface area contributed by atoms with Crippen LogP contribution in [0.15, 0.2) is 0 Å². The van der Waals surface area contributed by atoms with Crippen molar-refractivity contribution in [3.8, 4) is 6.19 Å². The molecular weight excluding hydrogens is 150 g/mol. The van der Waals surface area contributed by atoms with Crippen molar-refractivity contribution >= 4 is 0 Å². The van der Waals surface area contributed by atoms with E-state index in [9.17, 15) is 0 Å². The van der Waals surface area contributed by atoms with Gasteiger partial charge in [-0.1, -0.05) is 13.8 Å². The first-order valence-corrected chi connectivity index (χ1v) is 4.66. The Hall–Kier alpha value is -0.750. The van der Waals surface area contributed by atoms with Crippen LogP contribution in [-0.2, 0) is 0 Å². The summed E-state index contributed by atoms with van der Waals surface area (Å²) in [5, 5.41) is 11.1. The summed E-state index contributed by atoms with van der Waals surface area (Å²) in [6, 6.07) is 0.392. The number of nitriles is 1. The molecule has 1 aliphatic rings. The Morgan fingerprint density at radius 3 is 2.67 bits per heavy atom. The lowest BCUT2D eigenvalue weighted by atomic mass is 10.1. The Morgan fingerprint density at radius 1 is 1.50 bits per heavy atom. The van der Waals surface area contributed by atoms with Crippen molar-refractivity contribution < 1.29 is 0 Å². The fraction of sp³-hybridized carbons (Fsp3) is 0.889. The van der Waals surface area contributed by atoms with E-state index in [2.05, 4.69) is 17.3 Å². The lowest BCUT2D eigenvalue weighted by Gasteiger charge is -2.28. The predicted octanol–water partition coefficient (Wildman–Crippen LogP) is 1.18. The third kappa shape index (κ3) is 4.20. The number of likely N-dealkylation sites (tertiary alicyclic amines) is 1. The summed E-state index contributed by atoms with van der Waals surface area (Å²) in [6.45, 7) is 6.18. The van der Waals surface area contributed by atoms with Gasteiger partial charge in [0, 0.05) is 12.6 Å². The van der Waals surface area contributed by atoms with E-state index in [1.807, 2.05) is 20.0 Å². The third-order valence-electron chi connectivity index (χ3n) is 1.89. The number of hydrogen-bond acceptors (Lipinski definition) is 3. The number of nitrogens with one attached hydrogen (secondary N) is 1. The predicted molar refractivity (Wildman–Crippen MR) is 50.6 cm³/mol. The molecule has 0 aliphatic carbocycles. The van der Waals surface area contributed by atoms with E-state index in [0.29, 0.717) is 6.04 Å². The molecule has 12 heavy (non-hydrogen) atoms. The number of rotatable bonds is 1. The number of piperidine rings is 1. The van der Waals surface area contributed by atoms with Gasteiger partial charge < -0.3 is 10.2 Å². The van der Waals surface area contributed by atoms with Gasteiger partial charge in [-0.2, -0.15) is 5.26 Å². The molecule has 3 nitrogen and oxygen atoms in total. The highest BCUT2D eigenvalue weighted by molar-refractivity contribution is 4.81. The highest BCUT2D eigenvalue weighted by Gasteiger charge is 2.15. The lowest BCUT2D eigenvalue weighted by Crippen LogP contribution is -2.42. The highest BCUT2D eigenvalue weighted by Crippen LogP contribution is 2.06. The van der Waals surface area contributed by atoms with Crippen molar-refractivity contribution in [3.63, 3.8) is 0 Å². The molecule has 70 valence electrons. The van der Waals surface area contributed by atoms with Gasteiger partial charge >= 0.3 is 0 Å².